The lowest BCUT2D eigenvalue weighted by Crippen LogP contribution is -2.25. The zero-order valence-corrected chi connectivity index (χ0v) is 6.77. The van der Waals surface area contributed by atoms with Gasteiger partial charge in [0.2, 0.25) is 0 Å². The summed E-state index contributed by atoms with van der Waals surface area (Å²) < 4.78 is 0. The molecule has 0 rings (SSSR count). The monoisotopic (exact) mass is 142 g/mol. The fourth-order valence-electron chi connectivity index (χ4n) is 0.776. The lowest BCUT2D eigenvalue weighted by Gasteiger charge is -2.20. The number of hydrogen-bond donors (Lipinski definition) is 1. The van der Waals surface area contributed by atoms with Crippen LogP contribution in [0.15, 0.2) is 5.57 Å². The Bertz CT molecular complexity index is 153. The van der Waals surface area contributed by atoms with Crippen LogP contribution < -0.4 is 0 Å². The number of rotatable bonds is 3. The van der Waals surface area contributed by atoms with E-state index in [2.05, 4.69) is 0 Å². The first-order chi connectivity index (χ1) is 4.58. The average Bonchev–Trinajstić information content (AvgIpc) is 1.90. The van der Waals surface area contributed by atoms with Crippen molar-refractivity contribution >= 4 is 5.94 Å². The predicted octanol–water partition coefficient (Wildman–Crippen LogP) is 1.32. The van der Waals surface area contributed by atoms with Crippen molar-refractivity contribution < 1.29 is 9.90 Å². The van der Waals surface area contributed by atoms with Crippen molar-refractivity contribution in [2.24, 2.45) is 0 Å². The van der Waals surface area contributed by atoms with E-state index in [0.717, 1.165) is 0 Å². The third-order valence-electron chi connectivity index (χ3n) is 1.82. The van der Waals surface area contributed by atoms with Gasteiger partial charge in [-0.15, -0.1) is 0 Å². The number of carbonyl (C=O) groups excluding carboxylic acids is 1. The summed E-state index contributed by atoms with van der Waals surface area (Å²) in [7, 11) is 0. The maximum absolute atomic E-state index is 10.2. The van der Waals surface area contributed by atoms with Gasteiger partial charge in [-0.25, -0.2) is 4.79 Å². The molecule has 1 atom stereocenters. The van der Waals surface area contributed by atoms with E-state index in [1.54, 1.807) is 12.9 Å². The van der Waals surface area contributed by atoms with Gasteiger partial charge < -0.3 is 5.11 Å². The Kier molecular flexibility index (Phi) is 3.34. The quantitative estimate of drug-likeness (QED) is 0.603. The van der Waals surface area contributed by atoms with Crippen LogP contribution in [0.25, 0.3) is 0 Å². The molecular weight excluding hydrogens is 128 g/mol. The van der Waals surface area contributed by atoms with Gasteiger partial charge in [0, 0.05) is 5.57 Å². The molecule has 0 radical (unpaired) electrons. The molecule has 1 unspecified atom stereocenters. The van der Waals surface area contributed by atoms with Crippen LogP contribution in [0.5, 0.6) is 0 Å². The van der Waals surface area contributed by atoms with Gasteiger partial charge in [-0.1, -0.05) is 13.8 Å². The fraction of sp³-hybridized carbons (Fsp3) is 0.750. The third-order valence-corrected chi connectivity index (χ3v) is 1.82. The maximum atomic E-state index is 10.2. The molecule has 0 saturated carbocycles. The molecule has 0 spiro atoms. The van der Waals surface area contributed by atoms with Crippen LogP contribution in [0.1, 0.15) is 33.6 Å². The molecule has 0 aromatic heterocycles. The minimum Gasteiger partial charge on any atom is -0.385 e. The highest BCUT2D eigenvalue weighted by atomic mass is 16.3. The van der Waals surface area contributed by atoms with E-state index in [9.17, 15) is 9.90 Å². The van der Waals surface area contributed by atoms with Crippen LogP contribution in [-0.4, -0.2) is 16.6 Å². The van der Waals surface area contributed by atoms with Gasteiger partial charge in [-0.05, 0) is 19.8 Å². The van der Waals surface area contributed by atoms with Crippen molar-refractivity contribution in [3.63, 3.8) is 0 Å². The molecule has 1 N–H and O–H groups in total. The Balaban J connectivity index is 4.43. The molecule has 0 aromatic rings. The average molecular weight is 142 g/mol. The van der Waals surface area contributed by atoms with E-state index in [4.69, 9.17) is 0 Å². The highest BCUT2D eigenvalue weighted by Crippen LogP contribution is 2.19. The van der Waals surface area contributed by atoms with E-state index < -0.39 is 5.60 Å². The van der Waals surface area contributed by atoms with Crippen LogP contribution >= 0.6 is 0 Å². The first-order valence-corrected chi connectivity index (χ1v) is 3.55. The predicted molar refractivity (Wildman–Crippen MR) is 40.4 cm³/mol. The van der Waals surface area contributed by atoms with Gasteiger partial charge in [0.15, 0.2) is 0 Å². The highest BCUT2D eigenvalue weighted by Gasteiger charge is 2.22. The second-order valence-corrected chi connectivity index (χ2v) is 2.56. The summed E-state index contributed by atoms with van der Waals surface area (Å²) in [6.07, 6.45) is 1.13. The van der Waals surface area contributed by atoms with Crippen molar-refractivity contribution in [1.29, 1.82) is 0 Å². The topological polar surface area (TPSA) is 37.3 Å². The van der Waals surface area contributed by atoms with Crippen molar-refractivity contribution in [2.45, 2.75) is 39.2 Å². The molecule has 0 bridgehead atoms. The van der Waals surface area contributed by atoms with Crippen LogP contribution in [0.2, 0.25) is 0 Å². The van der Waals surface area contributed by atoms with Crippen LogP contribution in [0.3, 0.4) is 0 Å². The Morgan fingerprint density at radius 2 is 2.10 bits per heavy atom. The maximum Gasteiger partial charge on any atom is 0.126 e. The fourth-order valence-corrected chi connectivity index (χ4v) is 0.776. The van der Waals surface area contributed by atoms with Crippen molar-refractivity contribution in [1.82, 2.24) is 0 Å². The van der Waals surface area contributed by atoms with Crippen LogP contribution in [0, 0.1) is 0 Å². The lowest BCUT2D eigenvalue weighted by atomic mass is 9.92. The molecule has 0 aromatic carbocycles. The molecule has 2 heteroatoms. The molecule has 58 valence electrons. The van der Waals surface area contributed by atoms with Gasteiger partial charge in [0.1, 0.15) is 5.94 Å². The van der Waals surface area contributed by atoms with Gasteiger partial charge in [-0.3, -0.25) is 0 Å². The molecule has 0 saturated heterocycles. The summed E-state index contributed by atoms with van der Waals surface area (Å²) in [5, 5.41) is 9.48. The minimum absolute atomic E-state index is 0.454. The van der Waals surface area contributed by atoms with E-state index in [1.807, 2.05) is 13.8 Å². The van der Waals surface area contributed by atoms with E-state index in [-0.39, 0.29) is 0 Å². The molecule has 2 nitrogen and oxygen atoms in total. The normalized spacial score (nSPS) is 15.6. The molecular formula is C8H14O2. The summed E-state index contributed by atoms with van der Waals surface area (Å²) in [5.74, 6) is 1.76. The van der Waals surface area contributed by atoms with Crippen LogP contribution in [-0.2, 0) is 4.79 Å². The van der Waals surface area contributed by atoms with E-state index >= 15 is 0 Å². The summed E-state index contributed by atoms with van der Waals surface area (Å²) in [4.78, 5) is 10.2. The molecule has 0 aliphatic carbocycles. The SMILES string of the molecule is CCC(=C=O)C(C)(O)CC. The van der Waals surface area contributed by atoms with E-state index in [0.29, 0.717) is 18.4 Å². The minimum atomic E-state index is -0.948. The zero-order chi connectivity index (χ0) is 8.20. The molecule has 0 aliphatic heterocycles. The molecule has 0 heterocycles. The summed E-state index contributed by atoms with van der Waals surface area (Å²) in [6, 6.07) is 0. The number of aliphatic hydroxyl groups is 1. The second-order valence-electron chi connectivity index (χ2n) is 2.56. The summed E-state index contributed by atoms with van der Waals surface area (Å²) in [6.45, 7) is 5.31. The Hall–Kier alpha value is -0.590. The second kappa shape index (κ2) is 3.55. The lowest BCUT2D eigenvalue weighted by molar-refractivity contribution is 0.0929. The first kappa shape index (κ1) is 9.41. The Morgan fingerprint density at radius 3 is 2.20 bits per heavy atom. The molecule has 10 heavy (non-hydrogen) atoms. The summed E-state index contributed by atoms with van der Waals surface area (Å²) >= 11 is 0. The standard InChI is InChI=1S/C8H14O2/c1-4-7(6-9)8(3,10)5-2/h10H,4-5H2,1-3H3. The highest BCUT2D eigenvalue weighted by molar-refractivity contribution is 5.55. The van der Waals surface area contributed by atoms with Gasteiger partial charge in [0.05, 0.1) is 5.60 Å². The van der Waals surface area contributed by atoms with Crippen molar-refractivity contribution in [3.05, 3.63) is 5.57 Å². The van der Waals surface area contributed by atoms with Gasteiger partial charge in [-0.2, -0.15) is 0 Å². The third kappa shape index (κ3) is 1.98. The molecule has 0 aliphatic rings. The smallest absolute Gasteiger partial charge is 0.126 e. The van der Waals surface area contributed by atoms with E-state index in [1.165, 1.54) is 0 Å². The number of hydrogen-bond acceptors (Lipinski definition) is 2. The zero-order valence-electron chi connectivity index (χ0n) is 6.77. The Morgan fingerprint density at radius 1 is 1.60 bits per heavy atom. The van der Waals surface area contributed by atoms with Crippen molar-refractivity contribution in [3.8, 4) is 0 Å². The molecule has 0 amide bonds. The molecule has 0 fully saturated rings. The van der Waals surface area contributed by atoms with Crippen LogP contribution in [0.4, 0.5) is 0 Å². The summed E-state index contributed by atoms with van der Waals surface area (Å²) in [5.41, 5.74) is -0.494. The van der Waals surface area contributed by atoms with Gasteiger partial charge in [0.25, 0.3) is 0 Å². The first-order valence-electron chi connectivity index (χ1n) is 3.55. The van der Waals surface area contributed by atoms with Gasteiger partial charge >= 0.3 is 0 Å². The Labute approximate surface area is 61.6 Å². The van der Waals surface area contributed by atoms with Crippen molar-refractivity contribution in [2.75, 3.05) is 0 Å². The largest absolute Gasteiger partial charge is 0.385 e.